The fraction of sp³-hybridized carbons (Fsp3) is 0.387. The molecule has 1 saturated heterocycles. The average Bonchev–Trinajstić information content (AvgIpc) is 2.88. The van der Waals surface area contributed by atoms with Crippen LogP contribution in [0.1, 0.15) is 68.1 Å². The highest BCUT2D eigenvalue weighted by Gasteiger charge is 2.22. The summed E-state index contributed by atoms with van der Waals surface area (Å²) in [7, 11) is 0. The summed E-state index contributed by atoms with van der Waals surface area (Å²) in [6, 6.07) is 21.6. The molecule has 1 aliphatic rings. The maximum Gasteiger partial charge on any atom is 0.226 e. The first-order valence-electron chi connectivity index (χ1n) is 13.0. The molecule has 0 saturated carbocycles. The SMILES string of the molecule is CC(C)C(=O)Nc1cccc(C2CCN(CCCC(c3ccc(F)cc3)c3ccc(F)cc3)CC2)c1. The monoisotopic (exact) mass is 490 g/mol. The summed E-state index contributed by atoms with van der Waals surface area (Å²) in [5, 5.41) is 3.01. The molecule has 3 nitrogen and oxygen atoms in total. The zero-order valence-electron chi connectivity index (χ0n) is 21.2. The van der Waals surface area contributed by atoms with Crippen LogP contribution in [-0.4, -0.2) is 30.4 Å². The van der Waals surface area contributed by atoms with Crippen LogP contribution in [0.25, 0.3) is 0 Å². The van der Waals surface area contributed by atoms with Crippen LogP contribution in [0.5, 0.6) is 0 Å². The van der Waals surface area contributed by atoms with E-state index < -0.39 is 0 Å². The van der Waals surface area contributed by atoms with Crippen molar-refractivity contribution in [3.8, 4) is 0 Å². The molecule has 3 aromatic rings. The standard InChI is InChI=1S/C31H36F2N2O/c1-22(2)31(36)34-29-6-3-5-26(21-29)23-16-19-35(20-17-23)18-4-7-30(24-8-12-27(32)13-9-24)25-10-14-28(33)15-11-25/h3,5-6,8-15,21-23,30H,4,7,16-20H2,1-2H3,(H,34,36). The number of likely N-dealkylation sites (tertiary alicyclic amines) is 1. The van der Waals surface area contributed by atoms with Crippen molar-refractivity contribution in [2.24, 2.45) is 5.92 Å². The van der Waals surface area contributed by atoms with E-state index in [0.29, 0.717) is 5.92 Å². The van der Waals surface area contributed by atoms with Gasteiger partial charge in [-0.1, -0.05) is 50.2 Å². The molecule has 0 radical (unpaired) electrons. The Balaban J connectivity index is 1.31. The minimum atomic E-state index is -0.243. The molecule has 1 amide bonds. The molecule has 5 heteroatoms. The van der Waals surface area contributed by atoms with Crippen molar-refractivity contribution >= 4 is 11.6 Å². The molecule has 0 unspecified atom stereocenters. The van der Waals surface area contributed by atoms with Crippen LogP contribution in [0.4, 0.5) is 14.5 Å². The Bertz CT molecular complexity index is 1070. The minimum absolute atomic E-state index is 0.0393. The van der Waals surface area contributed by atoms with Crippen molar-refractivity contribution in [3.05, 3.63) is 101 Å². The van der Waals surface area contributed by atoms with Crippen LogP contribution >= 0.6 is 0 Å². The van der Waals surface area contributed by atoms with Gasteiger partial charge in [-0.15, -0.1) is 0 Å². The molecule has 0 spiro atoms. The maximum atomic E-state index is 13.5. The smallest absolute Gasteiger partial charge is 0.226 e. The summed E-state index contributed by atoms with van der Waals surface area (Å²) in [5.74, 6) is 0.139. The molecule has 190 valence electrons. The molecule has 0 atom stereocenters. The molecule has 1 aliphatic heterocycles. The van der Waals surface area contributed by atoms with Crippen LogP contribution in [0.15, 0.2) is 72.8 Å². The zero-order valence-corrected chi connectivity index (χ0v) is 21.2. The van der Waals surface area contributed by atoms with Crippen LogP contribution < -0.4 is 5.32 Å². The Morgan fingerprint density at radius 1 is 0.917 bits per heavy atom. The Hall–Kier alpha value is -3.05. The largest absolute Gasteiger partial charge is 0.326 e. The molecule has 4 rings (SSSR count). The number of carbonyl (C=O) groups excluding carboxylic acids is 1. The van der Waals surface area contributed by atoms with Gasteiger partial charge in [-0.05, 0) is 104 Å². The Kier molecular flexibility index (Phi) is 8.87. The second-order valence-corrected chi connectivity index (χ2v) is 10.2. The van der Waals surface area contributed by atoms with E-state index in [-0.39, 0.29) is 29.4 Å². The second kappa shape index (κ2) is 12.3. The molecule has 1 N–H and O–H groups in total. The lowest BCUT2D eigenvalue weighted by Gasteiger charge is -2.32. The lowest BCUT2D eigenvalue weighted by Crippen LogP contribution is -2.33. The van der Waals surface area contributed by atoms with Gasteiger partial charge < -0.3 is 10.2 Å². The Morgan fingerprint density at radius 2 is 1.50 bits per heavy atom. The number of nitrogens with zero attached hydrogens (tertiary/aromatic N) is 1. The fourth-order valence-corrected chi connectivity index (χ4v) is 5.08. The average molecular weight is 491 g/mol. The molecule has 1 heterocycles. The normalized spacial score (nSPS) is 14.9. The molecule has 0 aliphatic carbocycles. The number of benzene rings is 3. The number of halogens is 2. The van der Waals surface area contributed by atoms with Gasteiger partial charge in [0.2, 0.25) is 5.91 Å². The molecule has 1 fully saturated rings. The first-order valence-corrected chi connectivity index (χ1v) is 13.0. The van der Waals surface area contributed by atoms with E-state index in [1.165, 1.54) is 29.8 Å². The lowest BCUT2D eigenvalue weighted by molar-refractivity contribution is -0.118. The number of hydrogen-bond acceptors (Lipinski definition) is 2. The van der Waals surface area contributed by atoms with Crippen LogP contribution in [0, 0.1) is 17.6 Å². The number of hydrogen-bond donors (Lipinski definition) is 1. The summed E-state index contributed by atoms with van der Waals surface area (Å²) in [6.45, 7) is 6.90. The topological polar surface area (TPSA) is 32.3 Å². The van der Waals surface area contributed by atoms with Gasteiger partial charge in [0.15, 0.2) is 0 Å². The predicted molar refractivity (Wildman–Crippen MR) is 142 cm³/mol. The van der Waals surface area contributed by atoms with Gasteiger partial charge in [-0.2, -0.15) is 0 Å². The minimum Gasteiger partial charge on any atom is -0.326 e. The number of rotatable bonds is 9. The zero-order chi connectivity index (χ0) is 25.5. The highest BCUT2D eigenvalue weighted by Crippen LogP contribution is 2.32. The quantitative estimate of drug-likeness (QED) is 0.340. The first kappa shape index (κ1) is 26.0. The van der Waals surface area contributed by atoms with Crippen molar-refractivity contribution in [2.75, 3.05) is 25.0 Å². The van der Waals surface area contributed by atoms with Gasteiger partial charge in [0.25, 0.3) is 0 Å². The van der Waals surface area contributed by atoms with E-state index >= 15 is 0 Å². The molecule has 36 heavy (non-hydrogen) atoms. The van der Waals surface area contributed by atoms with E-state index in [0.717, 1.165) is 62.1 Å². The van der Waals surface area contributed by atoms with Gasteiger partial charge in [-0.3, -0.25) is 4.79 Å². The Morgan fingerprint density at radius 3 is 2.06 bits per heavy atom. The number of anilines is 1. The third kappa shape index (κ3) is 7.01. The van der Waals surface area contributed by atoms with Gasteiger partial charge >= 0.3 is 0 Å². The van der Waals surface area contributed by atoms with E-state index in [9.17, 15) is 13.6 Å². The second-order valence-electron chi connectivity index (χ2n) is 10.2. The summed E-state index contributed by atoms with van der Waals surface area (Å²) in [5.41, 5.74) is 4.29. The van der Waals surface area contributed by atoms with Crippen molar-refractivity contribution in [2.45, 2.75) is 51.4 Å². The summed E-state index contributed by atoms with van der Waals surface area (Å²) in [4.78, 5) is 14.6. The van der Waals surface area contributed by atoms with Crippen molar-refractivity contribution in [3.63, 3.8) is 0 Å². The lowest BCUT2D eigenvalue weighted by atomic mass is 9.86. The Labute approximate surface area is 213 Å². The molecular formula is C31H36F2N2O. The number of amides is 1. The summed E-state index contributed by atoms with van der Waals surface area (Å²) in [6.07, 6.45) is 4.14. The number of piperidine rings is 1. The van der Waals surface area contributed by atoms with Crippen LogP contribution in [0.3, 0.4) is 0 Å². The maximum absolute atomic E-state index is 13.5. The fourth-order valence-electron chi connectivity index (χ4n) is 5.08. The van der Waals surface area contributed by atoms with Crippen LogP contribution in [-0.2, 0) is 4.79 Å². The van der Waals surface area contributed by atoms with Crippen LogP contribution in [0.2, 0.25) is 0 Å². The van der Waals surface area contributed by atoms with Crippen molar-refractivity contribution in [1.29, 1.82) is 0 Å². The predicted octanol–water partition coefficient (Wildman–Crippen LogP) is 7.35. The van der Waals surface area contributed by atoms with E-state index in [1.54, 1.807) is 0 Å². The van der Waals surface area contributed by atoms with E-state index in [4.69, 9.17) is 0 Å². The summed E-state index contributed by atoms with van der Waals surface area (Å²) >= 11 is 0. The van der Waals surface area contributed by atoms with Gasteiger partial charge in [0.05, 0.1) is 0 Å². The molecule has 3 aromatic carbocycles. The van der Waals surface area contributed by atoms with Gasteiger partial charge in [0, 0.05) is 17.5 Å². The van der Waals surface area contributed by atoms with Gasteiger partial charge in [0.1, 0.15) is 11.6 Å². The van der Waals surface area contributed by atoms with E-state index in [1.807, 2.05) is 50.2 Å². The molecule has 0 aromatic heterocycles. The highest BCUT2D eigenvalue weighted by molar-refractivity contribution is 5.92. The van der Waals surface area contributed by atoms with Crippen molar-refractivity contribution < 1.29 is 13.6 Å². The highest BCUT2D eigenvalue weighted by atomic mass is 19.1. The summed E-state index contributed by atoms with van der Waals surface area (Å²) < 4.78 is 27.0. The third-order valence-corrected chi connectivity index (χ3v) is 7.25. The number of carbonyl (C=O) groups is 1. The van der Waals surface area contributed by atoms with E-state index in [2.05, 4.69) is 22.3 Å². The van der Waals surface area contributed by atoms with Gasteiger partial charge in [-0.25, -0.2) is 8.78 Å². The molecular weight excluding hydrogens is 454 g/mol. The number of nitrogens with one attached hydrogen (secondary N) is 1. The molecule has 0 bridgehead atoms. The first-order chi connectivity index (χ1) is 17.4. The van der Waals surface area contributed by atoms with Crippen molar-refractivity contribution in [1.82, 2.24) is 4.90 Å². The third-order valence-electron chi connectivity index (χ3n) is 7.25.